The number of amides is 2. The highest BCUT2D eigenvalue weighted by Gasteiger charge is 2.57. The number of carbonyl (C=O) groups excluding carboxylic acids is 3. The molecule has 0 aliphatic carbocycles. The van der Waals surface area contributed by atoms with Gasteiger partial charge in [-0.15, -0.1) is 0 Å². The van der Waals surface area contributed by atoms with E-state index in [1.54, 1.807) is 48.5 Å². The number of hydrogen-bond donors (Lipinski definition) is 0. The van der Waals surface area contributed by atoms with Gasteiger partial charge in [0.1, 0.15) is 17.4 Å². The van der Waals surface area contributed by atoms with E-state index in [9.17, 15) is 14.4 Å². The zero-order valence-corrected chi connectivity index (χ0v) is 15.7. The first-order valence-corrected chi connectivity index (χ1v) is 8.86. The van der Waals surface area contributed by atoms with Gasteiger partial charge in [-0.25, -0.2) is 4.90 Å². The molecule has 2 amide bonds. The molecule has 4 rings (SSSR count). The summed E-state index contributed by atoms with van der Waals surface area (Å²) in [4.78, 5) is 44.5. The lowest BCUT2D eigenvalue weighted by atomic mass is 9.93. The standard InChI is InChI=1S/C19H13BrN2O5/c1-26-13-8-2-10(3-9-13)16(23)15-14-17(27-21-15)19(25)22(18(14)24)12-6-4-11(20)5-7-12/h2-9,14,17H,1H3/t14-,17+/m0/s1. The number of fused-ring (bicyclic) bond motifs is 1. The van der Waals surface area contributed by atoms with E-state index in [1.165, 1.54) is 7.11 Å². The number of anilines is 1. The number of hydrogen-bond acceptors (Lipinski definition) is 6. The quantitative estimate of drug-likeness (QED) is 0.551. The highest BCUT2D eigenvalue weighted by Crippen LogP contribution is 2.34. The smallest absolute Gasteiger partial charge is 0.278 e. The van der Waals surface area contributed by atoms with Gasteiger partial charge in [-0.3, -0.25) is 14.4 Å². The Morgan fingerprint density at radius 1 is 1.07 bits per heavy atom. The van der Waals surface area contributed by atoms with Crippen LogP contribution in [-0.2, 0) is 14.4 Å². The van der Waals surface area contributed by atoms with E-state index in [0.29, 0.717) is 17.0 Å². The zero-order chi connectivity index (χ0) is 19.1. The summed E-state index contributed by atoms with van der Waals surface area (Å²) in [6, 6.07) is 13.2. The van der Waals surface area contributed by atoms with Gasteiger partial charge in [0.2, 0.25) is 17.8 Å². The summed E-state index contributed by atoms with van der Waals surface area (Å²) in [5.74, 6) is -1.96. The van der Waals surface area contributed by atoms with Crippen LogP contribution in [0.3, 0.4) is 0 Å². The molecule has 0 bridgehead atoms. The predicted molar refractivity (Wildman–Crippen MR) is 99.8 cm³/mol. The first-order valence-electron chi connectivity index (χ1n) is 8.07. The van der Waals surface area contributed by atoms with Crippen molar-refractivity contribution >= 4 is 44.9 Å². The fraction of sp³-hybridized carbons (Fsp3) is 0.158. The molecule has 0 unspecified atom stereocenters. The number of ether oxygens (including phenoxy) is 1. The van der Waals surface area contributed by atoms with Crippen molar-refractivity contribution in [1.29, 1.82) is 0 Å². The molecule has 7 nitrogen and oxygen atoms in total. The van der Waals surface area contributed by atoms with Crippen molar-refractivity contribution in [3.63, 3.8) is 0 Å². The van der Waals surface area contributed by atoms with Gasteiger partial charge >= 0.3 is 0 Å². The number of benzene rings is 2. The molecular weight excluding hydrogens is 416 g/mol. The molecule has 1 fully saturated rings. The van der Waals surface area contributed by atoms with Crippen LogP contribution >= 0.6 is 15.9 Å². The van der Waals surface area contributed by atoms with E-state index in [1.807, 2.05) is 0 Å². The Kier molecular flexibility index (Phi) is 4.27. The van der Waals surface area contributed by atoms with Gasteiger partial charge in [0.25, 0.3) is 5.91 Å². The topological polar surface area (TPSA) is 85.3 Å². The summed E-state index contributed by atoms with van der Waals surface area (Å²) >= 11 is 3.31. The minimum atomic E-state index is -1.11. The first kappa shape index (κ1) is 17.4. The monoisotopic (exact) mass is 428 g/mol. The minimum Gasteiger partial charge on any atom is -0.497 e. The second kappa shape index (κ2) is 6.62. The van der Waals surface area contributed by atoms with Crippen molar-refractivity contribution in [1.82, 2.24) is 0 Å². The Bertz CT molecular complexity index is 969. The van der Waals surface area contributed by atoms with Crippen molar-refractivity contribution in [2.45, 2.75) is 6.10 Å². The molecule has 2 aliphatic rings. The van der Waals surface area contributed by atoms with Gasteiger partial charge in [0, 0.05) is 10.0 Å². The summed E-state index contributed by atoms with van der Waals surface area (Å²) in [5.41, 5.74) is 0.687. The van der Waals surface area contributed by atoms with E-state index in [-0.39, 0.29) is 5.71 Å². The summed E-state index contributed by atoms with van der Waals surface area (Å²) in [6.45, 7) is 0. The maximum absolute atomic E-state index is 12.9. The lowest BCUT2D eigenvalue weighted by molar-refractivity contribution is -0.126. The van der Waals surface area contributed by atoms with Crippen LogP contribution < -0.4 is 9.64 Å². The fourth-order valence-corrected chi connectivity index (χ4v) is 3.37. The number of halogens is 1. The van der Waals surface area contributed by atoms with Gasteiger partial charge in [0.05, 0.1) is 12.8 Å². The number of rotatable bonds is 4. The lowest BCUT2D eigenvalue weighted by Crippen LogP contribution is -2.34. The van der Waals surface area contributed by atoms with Gasteiger partial charge in [-0.2, -0.15) is 0 Å². The number of imide groups is 1. The molecule has 2 heterocycles. The van der Waals surface area contributed by atoms with E-state index in [2.05, 4.69) is 21.1 Å². The van der Waals surface area contributed by atoms with Crippen LogP contribution in [-0.4, -0.2) is 36.5 Å². The summed E-state index contributed by atoms with van der Waals surface area (Å²) in [7, 11) is 1.52. The average molecular weight is 429 g/mol. The van der Waals surface area contributed by atoms with Gasteiger partial charge in [0.15, 0.2) is 0 Å². The zero-order valence-electron chi connectivity index (χ0n) is 14.1. The molecule has 136 valence electrons. The third-order valence-corrected chi connectivity index (χ3v) is 5.01. The Balaban J connectivity index is 1.63. The molecule has 0 radical (unpaired) electrons. The highest BCUT2D eigenvalue weighted by molar-refractivity contribution is 9.10. The summed E-state index contributed by atoms with van der Waals surface area (Å²) < 4.78 is 5.89. The molecular formula is C19H13BrN2O5. The maximum Gasteiger partial charge on any atom is 0.278 e. The van der Waals surface area contributed by atoms with Crippen LogP contribution in [0.2, 0.25) is 0 Å². The van der Waals surface area contributed by atoms with E-state index in [4.69, 9.17) is 9.57 Å². The molecule has 2 aliphatic heterocycles. The second-order valence-corrected chi connectivity index (χ2v) is 6.94. The minimum absolute atomic E-state index is 0.0665. The van der Waals surface area contributed by atoms with Crippen molar-refractivity contribution < 1.29 is 24.0 Å². The van der Waals surface area contributed by atoms with Crippen molar-refractivity contribution in [2.75, 3.05) is 12.0 Å². The van der Waals surface area contributed by atoms with Crippen LogP contribution in [0, 0.1) is 5.92 Å². The van der Waals surface area contributed by atoms with Crippen LogP contribution in [0.25, 0.3) is 0 Å². The van der Waals surface area contributed by atoms with Crippen LogP contribution in [0.5, 0.6) is 5.75 Å². The van der Waals surface area contributed by atoms with Gasteiger partial charge in [-0.05, 0) is 48.5 Å². The van der Waals surface area contributed by atoms with Crippen LogP contribution in [0.15, 0.2) is 58.2 Å². The lowest BCUT2D eigenvalue weighted by Gasteiger charge is -2.15. The third-order valence-electron chi connectivity index (χ3n) is 4.48. The SMILES string of the molecule is COc1ccc(C(=O)C2=NO[C@H]3C(=O)N(c4ccc(Br)cc4)C(=O)[C@@H]23)cc1. The average Bonchev–Trinajstić information content (AvgIpc) is 3.23. The number of ketones is 1. The Labute approximate surface area is 162 Å². The van der Waals surface area contributed by atoms with Crippen molar-refractivity contribution in [2.24, 2.45) is 11.1 Å². The van der Waals surface area contributed by atoms with Gasteiger partial charge in [-0.1, -0.05) is 21.1 Å². The molecule has 0 saturated carbocycles. The Hall–Kier alpha value is -3.00. The van der Waals surface area contributed by atoms with Crippen molar-refractivity contribution in [3.05, 3.63) is 58.6 Å². The van der Waals surface area contributed by atoms with E-state index >= 15 is 0 Å². The first-order chi connectivity index (χ1) is 13.0. The van der Waals surface area contributed by atoms with Crippen molar-refractivity contribution in [3.8, 4) is 5.75 Å². The third kappa shape index (κ3) is 2.82. The largest absolute Gasteiger partial charge is 0.497 e. The molecule has 0 spiro atoms. The van der Waals surface area contributed by atoms with E-state index in [0.717, 1.165) is 9.37 Å². The highest BCUT2D eigenvalue weighted by atomic mass is 79.9. The fourth-order valence-electron chi connectivity index (χ4n) is 3.10. The molecule has 0 aromatic heterocycles. The molecule has 27 heavy (non-hydrogen) atoms. The van der Waals surface area contributed by atoms with Crippen LogP contribution in [0.4, 0.5) is 5.69 Å². The summed E-state index contributed by atoms with van der Waals surface area (Å²) in [5, 5.41) is 3.74. The number of methoxy groups -OCH3 is 1. The molecule has 2 aromatic rings. The summed E-state index contributed by atoms with van der Waals surface area (Å²) in [6.07, 6.45) is -1.11. The second-order valence-electron chi connectivity index (χ2n) is 6.03. The molecule has 8 heteroatoms. The van der Waals surface area contributed by atoms with Crippen LogP contribution in [0.1, 0.15) is 10.4 Å². The number of carbonyl (C=O) groups is 3. The molecule has 2 aromatic carbocycles. The normalized spacial score (nSPS) is 21.0. The number of oxime groups is 1. The molecule has 1 saturated heterocycles. The number of Topliss-reactive ketones (excluding diaryl/α,β-unsaturated/α-hetero) is 1. The molecule has 0 N–H and O–H groups in total. The predicted octanol–water partition coefficient (Wildman–Crippen LogP) is 2.58. The Morgan fingerprint density at radius 2 is 1.74 bits per heavy atom. The van der Waals surface area contributed by atoms with Gasteiger partial charge < -0.3 is 9.57 Å². The molecule has 2 atom stereocenters. The maximum atomic E-state index is 12.9. The number of nitrogens with zero attached hydrogens (tertiary/aromatic N) is 2. The Morgan fingerprint density at radius 3 is 2.37 bits per heavy atom. The van der Waals surface area contributed by atoms with E-state index < -0.39 is 29.6 Å².